The predicted molar refractivity (Wildman–Crippen MR) is 157 cm³/mol. The molecule has 0 radical (unpaired) electrons. The van der Waals surface area contributed by atoms with Crippen LogP contribution in [0.5, 0.6) is 0 Å². The Labute approximate surface area is 227 Å². The van der Waals surface area contributed by atoms with E-state index in [0.717, 1.165) is 30.1 Å². The summed E-state index contributed by atoms with van der Waals surface area (Å²) in [4.78, 5) is 5.42. The Morgan fingerprint density at radius 2 is 1.53 bits per heavy atom. The largest absolute Gasteiger partial charge is 0.412 e. The van der Waals surface area contributed by atoms with Gasteiger partial charge in [-0.2, -0.15) is 0 Å². The molecule has 0 saturated carbocycles. The van der Waals surface area contributed by atoms with Gasteiger partial charge in [0.2, 0.25) is 0 Å². The Morgan fingerprint density at radius 1 is 0.889 bits per heavy atom. The summed E-state index contributed by atoms with van der Waals surface area (Å²) < 4.78 is 0. The van der Waals surface area contributed by atoms with Crippen molar-refractivity contribution in [3.05, 3.63) is 12.2 Å². The van der Waals surface area contributed by atoms with Gasteiger partial charge in [-0.1, -0.05) is 61.1 Å². The molecule has 220 valence electrons. The van der Waals surface area contributed by atoms with E-state index in [1.54, 1.807) is 0 Å². The van der Waals surface area contributed by atoms with Gasteiger partial charge in [0.25, 0.3) is 0 Å². The van der Waals surface area contributed by atoms with Crippen LogP contribution in [0.3, 0.4) is 0 Å². The van der Waals surface area contributed by atoms with Crippen LogP contribution in [0, 0.1) is 35.0 Å². The third-order valence-corrected chi connectivity index (χ3v) is 8.54. The van der Waals surface area contributed by atoms with Gasteiger partial charge in [-0.25, -0.2) is 0 Å². The lowest BCUT2D eigenvalue weighted by molar-refractivity contribution is 0.0218. The van der Waals surface area contributed by atoms with Gasteiger partial charge < -0.3 is 37.0 Å². The molecule has 7 nitrogen and oxygen atoms in total. The highest BCUT2D eigenvalue weighted by molar-refractivity contribution is 6.21. The maximum Gasteiger partial charge on any atom is 0.0516 e. The van der Waals surface area contributed by atoms with Crippen molar-refractivity contribution >= 4 is 11.6 Å². The highest BCUT2D eigenvalue weighted by Crippen LogP contribution is 2.43. The van der Waals surface area contributed by atoms with E-state index in [1.165, 1.54) is 65.1 Å². The number of hydrogen-bond acceptors (Lipinski definition) is 3. The van der Waals surface area contributed by atoms with Crippen molar-refractivity contribution in [2.24, 2.45) is 35.0 Å². The molecule has 0 bridgehead atoms. The summed E-state index contributed by atoms with van der Waals surface area (Å²) in [5, 5.41) is 4.25. The zero-order valence-electron chi connectivity index (χ0n) is 23.2. The second-order valence-electron chi connectivity index (χ2n) is 12.3. The molecule has 2 saturated heterocycles. The lowest BCUT2D eigenvalue weighted by Crippen LogP contribution is -2.53. The summed E-state index contributed by atoms with van der Waals surface area (Å²) in [6, 6.07) is 0.595. The Balaban J connectivity index is -0.00000218. The van der Waals surface area contributed by atoms with Crippen molar-refractivity contribution < 1.29 is 21.9 Å². The van der Waals surface area contributed by atoms with Crippen LogP contribution in [0.1, 0.15) is 74.7 Å². The maximum atomic E-state index is 6.30. The fraction of sp³-hybridized carbons (Fsp3) is 0.929. The first-order valence-corrected chi connectivity index (χ1v) is 13.6. The minimum atomic E-state index is 0. The summed E-state index contributed by atoms with van der Waals surface area (Å²) in [5.41, 5.74) is 0.372. The summed E-state index contributed by atoms with van der Waals surface area (Å²) >= 11 is 6.30. The predicted octanol–water partition coefficient (Wildman–Crippen LogP) is 2.84. The van der Waals surface area contributed by atoms with E-state index in [0.29, 0.717) is 17.4 Å². The molecule has 2 unspecified atom stereocenters. The summed E-state index contributed by atoms with van der Waals surface area (Å²) in [6.07, 6.45) is 9.79. The number of alkyl halides is 1. The Morgan fingerprint density at radius 3 is 2.06 bits per heavy atom. The number of likely N-dealkylation sites (tertiary alicyclic amines) is 2. The molecule has 8 heteroatoms. The van der Waals surface area contributed by atoms with Crippen molar-refractivity contribution in [2.75, 3.05) is 45.8 Å². The molecule has 2 fully saturated rings. The molecule has 3 aliphatic rings. The third kappa shape index (κ3) is 11.6. The van der Waals surface area contributed by atoms with E-state index in [9.17, 15) is 0 Å². The number of rotatable bonds is 9. The van der Waals surface area contributed by atoms with E-state index in [1.807, 2.05) is 0 Å². The van der Waals surface area contributed by atoms with E-state index in [-0.39, 0.29) is 34.7 Å². The standard InChI is InChI=1S/C27H50ClN3.CH4.4H2O/c1-20(2)16-30-13-11-22(17-30)15-29-26(21(3)4)18-31-14-12-25(27(5,6)19-31)23-7-9-24(28)10-8-23;;;;;/h7,9,20-26,29H,8,10-19H2,1-6H3;1H4;4*1H2/t22-,23?,24?,25+,26-;;;;;/m0...../s1. The van der Waals surface area contributed by atoms with Crippen molar-refractivity contribution in [1.82, 2.24) is 15.1 Å². The average Bonchev–Trinajstić information content (AvgIpc) is 3.12. The number of nitrogens with zero attached hydrogens (tertiary/aromatic N) is 2. The van der Waals surface area contributed by atoms with Gasteiger partial charge in [0.15, 0.2) is 0 Å². The normalized spacial score (nSPS) is 28.8. The van der Waals surface area contributed by atoms with Crippen LogP contribution in [0.4, 0.5) is 0 Å². The molecule has 0 aromatic rings. The SMILES string of the molecule is C.CC(C)CN1CC[C@@H](CN[C@@H](CN2CC[C@H](C3C=CC(Cl)CC3)C(C)(C)C2)C(C)C)C1.O.O.O.O. The topological polar surface area (TPSA) is 145 Å². The van der Waals surface area contributed by atoms with Gasteiger partial charge >= 0.3 is 0 Å². The zero-order chi connectivity index (χ0) is 22.6. The van der Waals surface area contributed by atoms with Crippen molar-refractivity contribution in [1.29, 1.82) is 0 Å². The molecule has 0 aromatic heterocycles. The van der Waals surface area contributed by atoms with Gasteiger partial charge in [-0.3, -0.25) is 0 Å². The molecule has 0 spiro atoms. The fourth-order valence-electron chi connectivity index (χ4n) is 6.45. The maximum absolute atomic E-state index is 6.30. The highest BCUT2D eigenvalue weighted by Gasteiger charge is 2.40. The minimum absolute atomic E-state index is 0. The second kappa shape index (κ2) is 18.1. The number of nitrogens with one attached hydrogen (secondary N) is 1. The number of halogens is 1. The first kappa shape index (κ1) is 40.2. The summed E-state index contributed by atoms with van der Waals surface area (Å²) in [5.74, 6) is 3.80. The molecule has 9 N–H and O–H groups in total. The van der Waals surface area contributed by atoms with Crippen LogP contribution in [0.15, 0.2) is 12.2 Å². The molecule has 2 heterocycles. The van der Waals surface area contributed by atoms with Crippen LogP contribution in [-0.4, -0.2) is 88.9 Å². The fourth-order valence-corrected chi connectivity index (χ4v) is 6.66. The Bertz CT molecular complexity index is 591. The van der Waals surface area contributed by atoms with Gasteiger partial charge in [-0.15, -0.1) is 11.6 Å². The van der Waals surface area contributed by atoms with Crippen LogP contribution in [-0.2, 0) is 0 Å². The van der Waals surface area contributed by atoms with Crippen LogP contribution in [0.2, 0.25) is 0 Å². The van der Waals surface area contributed by atoms with E-state index in [2.05, 4.69) is 68.8 Å². The summed E-state index contributed by atoms with van der Waals surface area (Å²) in [7, 11) is 0. The average molecular weight is 540 g/mol. The van der Waals surface area contributed by atoms with Crippen LogP contribution in [0.25, 0.3) is 0 Å². The molecular formula is C28H62ClN3O4. The molecule has 1 aliphatic carbocycles. The van der Waals surface area contributed by atoms with Crippen LogP contribution < -0.4 is 5.32 Å². The minimum Gasteiger partial charge on any atom is -0.412 e. The van der Waals surface area contributed by atoms with Gasteiger partial charge in [0.1, 0.15) is 0 Å². The quantitative estimate of drug-likeness (QED) is 0.355. The molecule has 5 atom stereocenters. The molecule has 0 aromatic carbocycles. The van der Waals surface area contributed by atoms with Gasteiger partial charge in [0, 0.05) is 32.2 Å². The molecule has 36 heavy (non-hydrogen) atoms. The molecule has 2 aliphatic heterocycles. The first-order chi connectivity index (χ1) is 14.6. The second-order valence-corrected chi connectivity index (χ2v) is 12.9. The number of allylic oxidation sites excluding steroid dienone is 2. The third-order valence-electron chi connectivity index (χ3n) is 8.17. The van der Waals surface area contributed by atoms with Crippen molar-refractivity contribution in [3.63, 3.8) is 0 Å². The summed E-state index contributed by atoms with van der Waals surface area (Å²) in [6.45, 7) is 23.2. The lowest BCUT2D eigenvalue weighted by atomic mass is 9.65. The Hall–Kier alpha value is -0.250. The van der Waals surface area contributed by atoms with E-state index < -0.39 is 0 Å². The highest BCUT2D eigenvalue weighted by atomic mass is 35.5. The van der Waals surface area contributed by atoms with Gasteiger partial charge in [-0.05, 0) is 80.3 Å². The smallest absolute Gasteiger partial charge is 0.0516 e. The monoisotopic (exact) mass is 539 g/mol. The molecular weight excluding hydrogens is 478 g/mol. The number of piperidine rings is 1. The van der Waals surface area contributed by atoms with Crippen molar-refractivity contribution in [2.45, 2.75) is 86.1 Å². The lowest BCUT2D eigenvalue weighted by Gasteiger charge is -2.48. The zero-order valence-corrected chi connectivity index (χ0v) is 24.0. The van der Waals surface area contributed by atoms with Crippen LogP contribution >= 0.6 is 11.6 Å². The van der Waals surface area contributed by atoms with E-state index >= 15 is 0 Å². The molecule has 0 amide bonds. The Kier molecular flexibility index (Phi) is 20.2. The molecule has 3 rings (SSSR count). The van der Waals surface area contributed by atoms with Gasteiger partial charge in [0.05, 0.1) is 5.38 Å². The number of hydrogen-bond donors (Lipinski definition) is 1. The van der Waals surface area contributed by atoms with E-state index in [4.69, 9.17) is 11.6 Å². The van der Waals surface area contributed by atoms with Crippen molar-refractivity contribution in [3.8, 4) is 0 Å². The first-order valence-electron chi connectivity index (χ1n) is 13.1.